The smallest absolute Gasteiger partial charge is 0.406 e. The van der Waals surface area contributed by atoms with Gasteiger partial charge in [0.1, 0.15) is 5.75 Å². The lowest BCUT2D eigenvalue weighted by molar-refractivity contribution is -0.274. The molecule has 0 radical (unpaired) electrons. The van der Waals surface area contributed by atoms with E-state index in [0.29, 0.717) is 5.56 Å². The van der Waals surface area contributed by atoms with Gasteiger partial charge in [-0.2, -0.15) is 0 Å². The lowest BCUT2D eigenvalue weighted by Crippen LogP contribution is -2.17. The number of halogens is 3. The minimum absolute atomic E-state index is 0.203. The molecule has 0 saturated carbocycles. The molecule has 0 fully saturated rings. The van der Waals surface area contributed by atoms with Gasteiger partial charge in [-0.1, -0.05) is 24.3 Å². The Labute approximate surface area is 120 Å². The van der Waals surface area contributed by atoms with E-state index >= 15 is 0 Å². The highest BCUT2D eigenvalue weighted by atomic mass is 19.4. The highest BCUT2D eigenvalue weighted by Gasteiger charge is 2.31. The molecule has 0 bridgehead atoms. The average molecular weight is 293 g/mol. The molecular formula is C16H14F3NO. The van der Waals surface area contributed by atoms with Gasteiger partial charge in [0.05, 0.1) is 0 Å². The first-order chi connectivity index (χ1) is 10.0. The fourth-order valence-corrected chi connectivity index (χ4v) is 2.51. The number of hydrogen-bond donors (Lipinski definition) is 1. The predicted octanol–water partition coefficient (Wildman–Crippen LogP) is 4.61. The molecule has 0 spiro atoms. The molecule has 2 nitrogen and oxygen atoms in total. The van der Waals surface area contributed by atoms with E-state index in [1.807, 2.05) is 18.2 Å². The second-order valence-electron chi connectivity index (χ2n) is 4.98. The Hall–Kier alpha value is -2.17. The number of anilines is 1. The number of aryl methyl sites for hydroxylation is 1. The van der Waals surface area contributed by atoms with Gasteiger partial charge in [-0.3, -0.25) is 0 Å². The average Bonchev–Trinajstić information content (AvgIpc) is 2.45. The number of alkyl halides is 3. The molecule has 0 aliphatic carbocycles. The molecule has 2 aromatic carbocycles. The number of rotatable bonds is 2. The fourth-order valence-electron chi connectivity index (χ4n) is 2.51. The summed E-state index contributed by atoms with van der Waals surface area (Å²) in [4.78, 5) is 0. The van der Waals surface area contributed by atoms with Gasteiger partial charge in [-0.15, -0.1) is 13.2 Å². The van der Waals surface area contributed by atoms with Crippen LogP contribution in [0.25, 0.3) is 11.1 Å². The van der Waals surface area contributed by atoms with Crippen molar-refractivity contribution in [3.63, 3.8) is 0 Å². The minimum Gasteiger partial charge on any atom is -0.406 e. The lowest BCUT2D eigenvalue weighted by Gasteiger charge is -2.19. The molecule has 0 saturated heterocycles. The number of nitrogens with one attached hydrogen (secondary N) is 1. The highest BCUT2D eigenvalue weighted by molar-refractivity contribution is 5.71. The van der Waals surface area contributed by atoms with Crippen molar-refractivity contribution in [3.05, 3.63) is 48.0 Å². The van der Waals surface area contributed by atoms with E-state index in [9.17, 15) is 13.2 Å². The highest BCUT2D eigenvalue weighted by Crippen LogP contribution is 2.31. The molecule has 1 aliphatic heterocycles. The zero-order valence-electron chi connectivity index (χ0n) is 11.2. The summed E-state index contributed by atoms with van der Waals surface area (Å²) in [6.45, 7) is 0.924. The molecule has 1 N–H and O–H groups in total. The first-order valence-electron chi connectivity index (χ1n) is 6.74. The zero-order valence-corrected chi connectivity index (χ0v) is 11.2. The molecule has 1 aliphatic rings. The largest absolute Gasteiger partial charge is 0.573 e. The summed E-state index contributed by atoms with van der Waals surface area (Å²) in [5.74, 6) is -0.203. The topological polar surface area (TPSA) is 21.3 Å². The summed E-state index contributed by atoms with van der Waals surface area (Å²) in [5, 5.41) is 3.31. The molecule has 5 heteroatoms. The third-order valence-corrected chi connectivity index (χ3v) is 3.45. The van der Waals surface area contributed by atoms with Crippen LogP contribution >= 0.6 is 0 Å². The molecule has 0 unspecified atom stereocenters. The van der Waals surface area contributed by atoms with E-state index in [1.54, 1.807) is 12.1 Å². The van der Waals surface area contributed by atoms with Crippen LogP contribution in [0.3, 0.4) is 0 Å². The Morgan fingerprint density at radius 2 is 1.81 bits per heavy atom. The van der Waals surface area contributed by atoms with E-state index < -0.39 is 6.36 Å². The van der Waals surface area contributed by atoms with Crippen LogP contribution in [0, 0.1) is 0 Å². The van der Waals surface area contributed by atoms with Crippen LogP contribution in [0.1, 0.15) is 12.0 Å². The number of ether oxygens (including phenoxy) is 1. The van der Waals surface area contributed by atoms with Gasteiger partial charge in [-0.05, 0) is 47.7 Å². The van der Waals surface area contributed by atoms with E-state index in [4.69, 9.17) is 0 Å². The Morgan fingerprint density at radius 1 is 1.00 bits per heavy atom. The minimum atomic E-state index is -4.67. The van der Waals surface area contributed by atoms with Gasteiger partial charge in [0, 0.05) is 12.2 Å². The van der Waals surface area contributed by atoms with Crippen LogP contribution < -0.4 is 10.1 Å². The first-order valence-corrected chi connectivity index (χ1v) is 6.74. The Bertz CT molecular complexity index is 652. The fraction of sp³-hybridized carbons (Fsp3) is 0.250. The molecule has 1 heterocycles. The van der Waals surface area contributed by atoms with Crippen molar-refractivity contribution in [2.45, 2.75) is 19.2 Å². The van der Waals surface area contributed by atoms with Crippen LogP contribution in [-0.2, 0) is 6.42 Å². The van der Waals surface area contributed by atoms with E-state index in [2.05, 4.69) is 10.1 Å². The van der Waals surface area contributed by atoms with Crippen LogP contribution in [0.5, 0.6) is 5.75 Å². The molecule has 0 aromatic heterocycles. The Balaban J connectivity index is 1.91. The molecule has 3 rings (SSSR count). The van der Waals surface area contributed by atoms with E-state index in [1.165, 1.54) is 17.7 Å². The Kier molecular flexibility index (Phi) is 3.49. The molecule has 0 atom stereocenters. The van der Waals surface area contributed by atoms with Gasteiger partial charge in [0.25, 0.3) is 0 Å². The molecule has 110 valence electrons. The zero-order chi connectivity index (χ0) is 14.9. The monoisotopic (exact) mass is 293 g/mol. The number of hydrogen-bond acceptors (Lipinski definition) is 2. The van der Waals surface area contributed by atoms with Gasteiger partial charge < -0.3 is 10.1 Å². The van der Waals surface area contributed by atoms with Gasteiger partial charge in [-0.25, -0.2) is 0 Å². The summed E-state index contributed by atoms with van der Waals surface area (Å²) in [6, 6.07) is 12.0. The van der Waals surface area contributed by atoms with Gasteiger partial charge >= 0.3 is 6.36 Å². The maximum absolute atomic E-state index is 12.3. The molecule has 21 heavy (non-hydrogen) atoms. The van der Waals surface area contributed by atoms with Crippen molar-refractivity contribution in [2.24, 2.45) is 0 Å². The van der Waals surface area contributed by atoms with Crippen molar-refractivity contribution in [1.29, 1.82) is 0 Å². The molecule has 0 amide bonds. The Morgan fingerprint density at radius 3 is 2.62 bits per heavy atom. The van der Waals surface area contributed by atoms with Crippen molar-refractivity contribution >= 4 is 5.69 Å². The second kappa shape index (κ2) is 5.31. The quantitative estimate of drug-likeness (QED) is 0.873. The third kappa shape index (κ3) is 3.29. The summed E-state index contributed by atoms with van der Waals surface area (Å²) in [7, 11) is 0. The van der Waals surface area contributed by atoms with Gasteiger partial charge in [0.15, 0.2) is 0 Å². The van der Waals surface area contributed by atoms with E-state index in [-0.39, 0.29) is 5.75 Å². The summed E-state index contributed by atoms with van der Waals surface area (Å²) >= 11 is 0. The normalized spacial score (nSPS) is 14.2. The maximum atomic E-state index is 12.3. The number of benzene rings is 2. The maximum Gasteiger partial charge on any atom is 0.573 e. The van der Waals surface area contributed by atoms with Crippen LogP contribution in [0.2, 0.25) is 0 Å². The van der Waals surface area contributed by atoms with Crippen LogP contribution in [0.15, 0.2) is 42.5 Å². The van der Waals surface area contributed by atoms with Crippen LogP contribution in [0.4, 0.5) is 18.9 Å². The van der Waals surface area contributed by atoms with Gasteiger partial charge in [0.2, 0.25) is 0 Å². The number of fused-ring (bicyclic) bond motifs is 1. The molecule has 2 aromatic rings. The van der Waals surface area contributed by atoms with Crippen LogP contribution in [-0.4, -0.2) is 12.9 Å². The SMILES string of the molecule is FC(F)(F)Oc1cccc(-c2ccc3c(c2)NCCC3)c1. The second-order valence-corrected chi connectivity index (χ2v) is 4.98. The summed E-state index contributed by atoms with van der Waals surface area (Å²) < 4.78 is 40.8. The van der Waals surface area contributed by atoms with Crippen molar-refractivity contribution in [3.8, 4) is 16.9 Å². The third-order valence-electron chi connectivity index (χ3n) is 3.45. The van der Waals surface area contributed by atoms with E-state index in [0.717, 1.165) is 30.6 Å². The summed E-state index contributed by atoms with van der Waals surface area (Å²) in [6.07, 6.45) is -2.54. The molecular weight excluding hydrogens is 279 g/mol. The van der Waals surface area contributed by atoms with Crippen molar-refractivity contribution in [1.82, 2.24) is 0 Å². The predicted molar refractivity (Wildman–Crippen MR) is 75.4 cm³/mol. The standard InChI is InChI=1S/C16H14F3NO/c17-16(18,19)21-14-5-1-3-12(9-14)13-7-6-11-4-2-8-20-15(11)10-13/h1,3,5-7,9-10,20H,2,4,8H2. The van der Waals surface area contributed by atoms with Crippen molar-refractivity contribution < 1.29 is 17.9 Å². The first kappa shape index (κ1) is 13.8. The lowest BCUT2D eigenvalue weighted by atomic mass is 9.98. The summed E-state index contributed by atoms with van der Waals surface area (Å²) in [5.41, 5.74) is 3.87. The van der Waals surface area contributed by atoms with Crippen molar-refractivity contribution in [2.75, 3.05) is 11.9 Å².